The van der Waals surface area contributed by atoms with Crippen LogP contribution in [0.5, 0.6) is 11.5 Å². The maximum Gasteiger partial charge on any atom is 0.260 e. The molecule has 4 aliphatic rings. The normalized spacial score (nSPS) is 28.7. The van der Waals surface area contributed by atoms with E-state index in [1.807, 2.05) is 6.08 Å². The van der Waals surface area contributed by atoms with Crippen molar-refractivity contribution in [3.05, 3.63) is 99.3 Å². The summed E-state index contributed by atoms with van der Waals surface area (Å²) in [5.41, 5.74) is 2.53. The van der Waals surface area contributed by atoms with Gasteiger partial charge in [0.05, 0.1) is 41.0 Å². The van der Waals surface area contributed by atoms with Crippen molar-refractivity contribution in [2.45, 2.75) is 24.2 Å². The maximum atomic E-state index is 15.1. The van der Waals surface area contributed by atoms with E-state index in [1.165, 1.54) is 31.4 Å². The Morgan fingerprint density at radius 2 is 1.78 bits per heavy atom. The standard InChI is InChI=1S/C33H26Cl2FN3O6/c1-45-17-8-5-15(6-9-17)33-22(31(43)39(32(33)44)38-25-12-7-16(34)13-23(25)35)14-21-18(10-11-19-26(21)30(42)37-29(19)41)27(33)20-3-2-4-24(36)28(20)40/h2-10,12-13,19,21-22,26-27,38,40H,11,14H2,1H3,(H,37,41,42)/t19-,21+,22-,26-,27+,33+/m0/s1. The van der Waals surface area contributed by atoms with Crippen LogP contribution in [-0.4, -0.2) is 40.9 Å². The number of hydrazine groups is 1. The van der Waals surface area contributed by atoms with Gasteiger partial charge in [-0.15, -0.1) is 0 Å². The van der Waals surface area contributed by atoms with Gasteiger partial charge >= 0.3 is 0 Å². The highest BCUT2D eigenvalue weighted by molar-refractivity contribution is 6.36. The van der Waals surface area contributed by atoms with Crippen molar-refractivity contribution in [2.75, 3.05) is 12.5 Å². The van der Waals surface area contributed by atoms with Gasteiger partial charge < -0.3 is 9.84 Å². The summed E-state index contributed by atoms with van der Waals surface area (Å²) >= 11 is 12.5. The molecule has 9 nitrogen and oxygen atoms in total. The maximum absolute atomic E-state index is 15.1. The molecule has 0 spiro atoms. The summed E-state index contributed by atoms with van der Waals surface area (Å²) in [5, 5.41) is 15.0. The van der Waals surface area contributed by atoms with Crippen molar-refractivity contribution in [2.24, 2.45) is 23.7 Å². The van der Waals surface area contributed by atoms with E-state index in [-0.39, 0.29) is 29.1 Å². The number of benzene rings is 3. The molecule has 3 N–H and O–H groups in total. The number of phenolic OH excluding ortho intramolecular Hbond substituents is 1. The van der Waals surface area contributed by atoms with E-state index in [0.29, 0.717) is 21.9 Å². The third-order valence-corrected chi connectivity index (χ3v) is 10.3. The summed E-state index contributed by atoms with van der Waals surface area (Å²) in [4.78, 5) is 55.4. The number of para-hydroxylation sites is 1. The second-order valence-electron chi connectivity index (χ2n) is 11.7. The molecule has 3 aromatic carbocycles. The zero-order valence-electron chi connectivity index (χ0n) is 23.7. The second-order valence-corrected chi connectivity index (χ2v) is 12.6. The summed E-state index contributed by atoms with van der Waals surface area (Å²) in [6, 6.07) is 15.3. The fraction of sp³-hybridized carbons (Fsp3) is 0.273. The molecule has 1 saturated carbocycles. The lowest BCUT2D eigenvalue weighted by Gasteiger charge is -2.50. The highest BCUT2D eigenvalue weighted by Crippen LogP contribution is 2.64. The molecule has 2 heterocycles. The number of carbonyl (C=O) groups is 4. The number of aromatic hydroxyl groups is 1. The lowest BCUT2D eigenvalue weighted by molar-refractivity contribution is -0.138. The first-order valence-electron chi connectivity index (χ1n) is 14.3. The highest BCUT2D eigenvalue weighted by Gasteiger charge is 2.70. The zero-order chi connectivity index (χ0) is 31.8. The molecule has 3 aromatic rings. The Bertz CT molecular complexity index is 1830. The number of rotatable bonds is 5. The molecule has 2 saturated heterocycles. The fourth-order valence-electron chi connectivity index (χ4n) is 7.86. The third kappa shape index (κ3) is 4.19. The number of carbonyl (C=O) groups excluding carboxylic acids is 4. The average Bonchev–Trinajstić information content (AvgIpc) is 3.43. The van der Waals surface area contributed by atoms with Gasteiger partial charge in [-0.2, -0.15) is 5.01 Å². The SMILES string of the molecule is COc1ccc([C@@]23C(=O)N(Nc4ccc(Cl)cc4Cl)C(=O)[C@@H]2C[C@@H]2C(=CC[C@@H]4C(=O)NC(=O)[C@@H]42)[C@@H]3c2cccc(F)c2O)cc1. The molecule has 230 valence electrons. The number of nitrogens with one attached hydrogen (secondary N) is 2. The predicted octanol–water partition coefficient (Wildman–Crippen LogP) is 5.12. The van der Waals surface area contributed by atoms with Crippen molar-refractivity contribution in [1.29, 1.82) is 0 Å². The van der Waals surface area contributed by atoms with Crippen LogP contribution in [0.2, 0.25) is 10.0 Å². The lowest BCUT2D eigenvalue weighted by atomic mass is 9.49. The fourth-order valence-corrected chi connectivity index (χ4v) is 8.31. The van der Waals surface area contributed by atoms with Crippen molar-refractivity contribution >= 4 is 52.5 Å². The molecule has 2 aliphatic heterocycles. The molecule has 12 heteroatoms. The molecular weight excluding hydrogens is 624 g/mol. The summed E-state index contributed by atoms with van der Waals surface area (Å²) < 4.78 is 20.4. The molecule has 0 bridgehead atoms. The summed E-state index contributed by atoms with van der Waals surface area (Å²) in [6.45, 7) is 0. The Labute approximate surface area is 266 Å². The Morgan fingerprint density at radius 1 is 1.02 bits per heavy atom. The zero-order valence-corrected chi connectivity index (χ0v) is 25.2. The molecule has 7 rings (SSSR count). The number of fused-ring (bicyclic) bond motifs is 4. The minimum atomic E-state index is -1.70. The number of methoxy groups -OCH3 is 1. The summed E-state index contributed by atoms with van der Waals surface area (Å²) in [5.74, 6) is -7.43. The number of ether oxygens (including phenoxy) is 1. The first-order chi connectivity index (χ1) is 21.6. The van der Waals surface area contributed by atoms with E-state index in [9.17, 15) is 19.5 Å². The molecule has 6 atom stereocenters. The minimum absolute atomic E-state index is 0.0450. The number of anilines is 1. The number of allylic oxidation sites excluding steroid dienone is 2. The number of imide groups is 2. The molecule has 2 aliphatic carbocycles. The van der Waals surface area contributed by atoms with Crippen LogP contribution < -0.4 is 15.5 Å². The summed E-state index contributed by atoms with van der Waals surface area (Å²) in [6.07, 6.45) is 2.06. The topological polar surface area (TPSA) is 125 Å². The quantitative estimate of drug-likeness (QED) is 0.259. The molecule has 0 unspecified atom stereocenters. The molecule has 0 radical (unpaired) electrons. The van der Waals surface area contributed by atoms with Crippen molar-refractivity contribution < 1.29 is 33.4 Å². The third-order valence-electron chi connectivity index (χ3n) is 9.75. The molecule has 3 fully saturated rings. The van der Waals surface area contributed by atoms with Crippen LogP contribution in [0.3, 0.4) is 0 Å². The number of amides is 4. The van der Waals surface area contributed by atoms with E-state index in [2.05, 4.69) is 10.7 Å². The Morgan fingerprint density at radius 3 is 2.49 bits per heavy atom. The van der Waals surface area contributed by atoms with Crippen LogP contribution in [0.15, 0.2) is 72.3 Å². The Balaban J connectivity index is 1.49. The van der Waals surface area contributed by atoms with Crippen LogP contribution in [0, 0.1) is 29.5 Å². The highest BCUT2D eigenvalue weighted by atomic mass is 35.5. The average molecular weight is 650 g/mol. The van der Waals surface area contributed by atoms with Crippen LogP contribution in [0.25, 0.3) is 0 Å². The lowest BCUT2D eigenvalue weighted by Crippen LogP contribution is -2.53. The van der Waals surface area contributed by atoms with Crippen LogP contribution >= 0.6 is 23.2 Å². The number of hydrogen-bond acceptors (Lipinski definition) is 7. The van der Waals surface area contributed by atoms with E-state index in [4.69, 9.17) is 27.9 Å². The van der Waals surface area contributed by atoms with Gasteiger partial charge in [0.2, 0.25) is 11.8 Å². The van der Waals surface area contributed by atoms with E-state index in [0.717, 1.165) is 11.1 Å². The molecule has 45 heavy (non-hydrogen) atoms. The van der Waals surface area contributed by atoms with Crippen LogP contribution in [-0.2, 0) is 24.6 Å². The first kappa shape index (κ1) is 29.3. The van der Waals surface area contributed by atoms with E-state index in [1.54, 1.807) is 30.3 Å². The first-order valence-corrected chi connectivity index (χ1v) is 15.1. The molecular formula is C33H26Cl2FN3O6. The van der Waals surface area contributed by atoms with E-state index >= 15 is 9.18 Å². The monoisotopic (exact) mass is 649 g/mol. The van der Waals surface area contributed by atoms with Gasteiger partial charge in [0, 0.05) is 16.5 Å². The number of halogens is 3. The smallest absolute Gasteiger partial charge is 0.260 e. The molecule has 4 amide bonds. The Kier molecular flexibility index (Phi) is 6.90. The molecule has 0 aromatic heterocycles. The van der Waals surface area contributed by atoms with Gasteiger partial charge in [-0.05, 0) is 60.7 Å². The number of phenols is 1. The van der Waals surface area contributed by atoms with Crippen molar-refractivity contribution in [1.82, 2.24) is 10.3 Å². The van der Waals surface area contributed by atoms with Gasteiger partial charge in [0.1, 0.15) is 5.75 Å². The number of nitrogens with zero attached hydrogens (tertiary/aromatic N) is 1. The predicted molar refractivity (Wildman–Crippen MR) is 162 cm³/mol. The van der Waals surface area contributed by atoms with Crippen molar-refractivity contribution in [3.8, 4) is 11.5 Å². The van der Waals surface area contributed by atoms with Crippen LogP contribution in [0.1, 0.15) is 29.9 Å². The van der Waals surface area contributed by atoms with Gasteiger partial charge in [0.25, 0.3) is 11.8 Å². The second kappa shape index (κ2) is 10.6. The largest absolute Gasteiger partial charge is 0.505 e. The van der Waals surface area contributed by atoms with Crippen LogP contribution in [0.4, 0.5) is 10.1 Å². The van der Waals surface area contributed by atoms with Gasteiger partial charge in [0.15, 0.2) is 11.6 Å². The minimum Gasteiger partial charge on any atom is -0.505 e. The number of hydrogen-bond donors (Lipinski definition) is 3. The van der Waals surface area contributed by atoms with E-state index < -0.39 is 70.2 Å². The van der Waals surface area contributed by atoms with Crippen molar-refractivity contribution in [3.63, 3.8) is 0 Å². The van der Waals surface area contributed by atoms with Gasteiger partial charge in [-0.1, -0.05) is 59.1 Å². The summed E-state index contributed by atoms with van der Waals surface area (Å²) in [7, 11) is 1.50. The Hall–Kier alpha value is -4.41. The van der Waals surface area contributed by atoms with Gasteiger partial charge in [-0.3, -0.25) is 29.9 Å². The van der Waals surface area contributed by atoms with Gasteiger partial charge in [-0.25, -0.2) is 4.39 Å².